The van der Waals surface area contributed by atoms with Crippen molar-refractivity contribution in [2.24, 2.45) is 28.6 Å². The lowest BCUT2D eigenvalue weighted by Crippen LogP contribution is -2.64. The Balaban J connectivity index is 1.97. The fourth-order valence-corrected chi connectivity index (χ4v) is 5.89. The summed E-state index contributed by atoms with van der Waals surface area (Å²) in [5.41, 5.74) is -4.67. The first-order chi connectivity index (χ1) is 11.8. The zero-order valence-electron chi connectivity index (χ0n) is 16.2. The first-order valence-corrected chi connectivity index (χ1v) is 9.81. The number of rotatable bonds is 5. The SMILES string of the molecule is CCC(C)(C)C(=O)OC(C12CC3CC(CC(C3)C1)C2)C(C)(O)C(F)(F)F. The van der Waals surface area contributed by atoms with Crippen molar-refractivity contribution in [1.82, 2.24) is 0 Å². The molecule has 0 spiro atoms. The van der Waals surface area contributed by atoms with Gasteiger partial charge in [0.15, 0.2) is 5.60 Å². The van der Waals surface area contributed by atoms with Gasteiger partial charge in [0.2, 0.25) is 0 Å². The fourth-order valence-electron chi connectivity index (χ4n) is 5.89. The molecule has 0 aromatic rings. The van der Waals surface area contributed by atoms with Crippen LogP contribution < -0.4 is 0 Å². The van der Waals surface area contributed by atoms with Crippen LogP contribution in [0.2, 0.25) is 0 Å². The number of hydrogen-bond donors (Lipinski definition) is 1. The Bertz CT molecular complexity index is 530. The van der Waals surface area contributed by atoms with Gasteiger partial charge >= 0.3 is 12.1 Å². The number of alkyl halides is 3. The minimum atomic E-state index is -4.85. The Morgan fingerprint density at radius 3 is 1.85 bits per heavy atom. The number of ether oxygens (including phenoxy) is 1. The van der Waals surface area contributed by atoms with Crippen LogP contribution in [-0.2, 0) is 9.53 Å². The third-order valence-corrected chi connectivity index (χ3v) is 7.39. The van der Waals surface area contributed by atoms with E-state index >= 15 is 0 Å². The average Bonchev–Trinajstić information content (AvgIpc) is 2.49. The zero-order valence-corrected chi connectivity index (χ0v) is 16.2. The summed E-state index contributed by atoms with van der Waals surface area (Å²) in [5.74, 6) is 0.535. The Kier molecular flexibility index (Phi) is 4.69. The van der Waals surface area contributed by atoms with Crippen molar-refractivity contribution in [3.63, 3.8) is 0 Å². The van der Waals surface area contributed by atoms with Gasteiger partial charge in [0.25, 0.3) is 0 Å². The predicted octanol–water partition coefficient (Wildman–Crippen LogP) is 4.86. The van der Waals surface area contributed by atoms with Crippen LogP contribution in [0.4, 0.5) is 13.2 Å². The van der Waals surface area contributed by atoms with Gasteiger partial charge in [-0.05, 0) is 83.5 Å². The van der Waals surface area contributed by atoms with Gasteiger partial charge in [0.05, 0.1) is 5.41 Å². The fraction of sp³-hybridized carbons (Fsp3) is 0.950. The minimum Gasteiger partial charge on any atom is -0.458 e. The molecule has 0 radical (unpaired) electrons. The van der Waals surface area contributed by atoms with Crippen LogP contribution in [0.1, 0.15) is 72.6 Å². The summed E-state index contributed by atoms with van der Waals surface area (Å²) < 4.78 is 46.8. The van der Waals surface area contributed by atoms with E-state index in [1.165, 1.54) is 0 Å². The molecule has 3 nitrogen and oxygen atoms in total. The maximum absolute atomic E-state index is 13.8. The van der Waals surface area contributed by atoms with E-state index in [4.69, 9.17) is 4.74 Å². The van der Waals surface area contributed by atoms with Crippen LogP contribution in [0.25, 0.3) is 0 Å². The summed E-state index contributed by atoms with van der Waals surface area (Å²) in [6.07, 6.45) is -0.869. The summed E-state index contributed by atoms with van der Waals surface area (Å²) in [6.45, 7) is 5.94. The Labute approximate surface area is 153 Å². The molecule has 4 saturated carbocycles. The van der Waals surface area contributed by atoms with Crippen LogP contribution in [0.15, 0.2) is 0 Å². The van der Waals surface area contributed by atoms with Crippen LogP contribution in [-0.4, -0.2) is 29.0 Å². The summed E-state index contributed by atoms with van der Waals surface area (Å²) in [5, 5.41) is 10.6. The standard InChI is InChI=1S/C20H31F3O3/c1-5-17(2,3)16(24)26-15(18(4,25)20(21,22)23)19-9-12-6-13(10-19)8-14(7-12)11-19/h12-15,25H,5-11H2,1-4H3. The molecule has 4 rings (SSSR count). The van der Waals surface area contributed by atoms with Crippen molar-refractivity contribution in [2.45, 2.75) is 90.5 Å². The Morgan fingerprint density at radius 2 is 1.50 bits per heavy atom. The zero-order chi connectivity index (χ0) is 19.5. The van der Waals surface area contributed by atoms with Crippen LogP contribution in [0.3, 0.4) is 0 Å². The average molecular weight is 376 g/mol. The summed E-state index contributed by atoms with van der Waals surface area (Å²) in [4.78, 5) is 12.7. The third-order valence-electron chi connectivity index (χ3n) is 7.39. The highest BCUT2D eigenvalue weighted by Crippen LogP contribution is 2.64. The van der Waals surface area contributed by atoms with Gasteiger partial charge < -0.3 is 9.84 Å². The highest BCUT2D eigenvalue weighted by Gasteiger charge is 2.66. The van der Waals surface area contributed by atoms with E-state index in [0.29, 0.717) is 43.4 Å². The summed E-state index contributed by atoms with van der Waals surface area (Å²) in [6, 6.07) is 0. The molecule has 0 heterocycles. The summed E-state index contributed by atoms with van der Waals surface area (Å²) in [7, 11) is 0. The molecule has 4 bridgehead atoms. The van der Waals surface area contributed by atoms with Gasteiger partial charge in [-0.2, -0.15) is 13.2 Å². The second kappa shape index (κ2) is 6.11. The molecule has 4 fully saturated rings. The van der Waals surface area contributed by atoms with Crippen molar-refractivity contribution in [1.29, 1.82) is 0 Å². The monoisotopic (exact) mass is 376 g/mol. The molecule has 0 saturated heterocycles. The molecule has 0 aliphatic heterocycles. The maximum Gasteiger partial charge on any atom is 0.420 e. The molecular formula is C20H31F3O3. The number of carbonyl (C=O) groups excluding carboxylic acids is 1. The van der Waals surface area contributed by atoms with Gasteiger partial charge in [0, 0.05) is 5.41 Å². The van der Waals surface area contributed by atoms with E-state index in [1.807, 2.05) is 6.92 Å². The van der Waals surface area contributed by atoms with E-state index < -0.39 is 34.7 Å². The van der Waals surface area contributed by atoms with E-state index in [-0.39, 0.29) is 0 Å². The first kappa shape index (κ1) is 20.0. The molecular weight excluding hydrogens is 345 g/mol. The predicted molar refractivity (Wildman–Crippen MR) is 91.2 cm³/mol. The van der Waals surface area contributed by atoms with Crippen molar-refractivity contribution >= 4 is 5.97 Å². The van der Waals surface area contributed by atoms with Crippen molar-refractivity contribution in [3.8, 4) is 0 Å². The van der Waals surface area contributed by atoms with Gasteiger partial charge in [-0.25, -0.2) is 0 Å². The van der Waals surface area contributed by atoms with Crippen LogP contribution >= 0.6 is 0 Å². The molecule has 1 N–H and O–H groups in total. The molecule has 6 heteroatoms. The maximum atomic E-state index is 13.8. The molecule has 2 unspecified atom stereocenters. The molecule has 4 aliphatic carbocycles. The molecule has 150 valence electrons. The minimum absolute atomic E-state index is 0.394. The van der Waals surface area contributed by atoms with Crippen molar-refractivity contribution in [3.05, 3.63) is 0 Å². The third kappa shape index (κ3) is 3.16. The first-order valence-electron chi connectivity index (χ1n) is 9.81. The molecule has 26 heavy (non-hydrogen) atoms. The number of aliphatic hydroxyl groups is 1. The van der Waals surface area contributed by atoms with E-state index in [1.54, 1.807) is 13.8 Å². The Hall–Kier alpha value is -0.780. The highest BCUT2D eigenvalue weighted by atomic mass is 19.4. The lowest BCUT2D eigenvalue weighted by molar-refractivity contribution is -0.313. The van der Waals surface area contributed by atoms with Crippen molar-refractivity contribution in [2.75, 3.05) is 0 Å². The smallest absolute Gasteiger partial charge is 0.420 e. The van der Waals surface area contributed by atoms with Crippen LogP contribution in [0, 0.1) is 28.6 Å². The molecule has 2 atom stereocenters. The number of esters is 1. The normalized spacial score (nSPS) is 37.3. The van der Waals surface area contributed by atoms with Crippen molar-refractivity contribution < 1.29 is 27.8 Å². The van der Waals surface area contributed by atoms with Gasteiger partial charge in [-0.1, -0.05) is 6.92 Å². The van der Waals surface area contributed by atoms with E-state index in [9.17, 15) is 23.1 Å². The second-order valence-corrected chi connectivity index (χ2v) is 9.95. The van der Waals surface area contributed by atoms with Crippen LogP contribution in [0.5, 0.6) is 0 Å². The molecule has 0 aromatic heterocycles. The Morgan fingerprint density at radius 1 is 1.08 bits per heavy atom. The lowest BCUT2D eigenvalue weighted by Gasteiger charge is -2.60. The largest absolute Gasteiger partial charge is 0.458 e. The second-order valence-electron chi connectivity index (χ2n) is 9.95. The van der Waals surface area contributed by atoms with Gasteiger partial charge in [-0.15, -0.1) is 0 Å². The van der Waals surface area contributed by atoms with E-state index in [2.05, 4.69) is 0 Å². The quantitative estimate of drug-likeness (QED) is 0.697. The molecule has 0 aromatic carbocycles. The number of halogens is 3. The van der Waals surface area contributed by atoms with Gasteiger partial charge in [-0.3, -0.25) is 4.79 Å². The topological polar surface area (TPSA) is 46.5 Å². The van der Waals surface area contributed by atoms with E-state index in [0.717, 1.165) is 26.2 Å². The van der Waals surface area contributed by atoms with Gasteiger partial charge in [0.1, 0.15) is 6.10 Å². The molecule has 0 amide bonds. The number of carbonyl (C=O) groups is 1. The lowest BCUT2D eigenvalue weighted by atomic mass is 9.47. The molecule has 4 aliphatic rings. The number of hydrogen-bond acceptors (Lipinski definition) is 3. The highest BCUT2D eigenvalue weighted by molar-refractivity contribution is 5.76. The summed E-state index contributed by atoms with van der Waals surface area (Å²) >= 11 is 0.